The Kier molecular flexibility index (Phi) is 6.45. The molecule has 2 heterocycles. The molecule has 0 atom stereocenters. The summed E-state index contributed by atoms with van der Waals surface area (Å²) in [5.74, 6) is -3.90. The predicted octanol–water partition coefficient (Wildman–Crippen LogP) is 6.61. The van der Waals surface area contributed by atoms with Crippen LogP contribution in [0.15, 0.2) is 60.7 Å². The number of pyridine rings is 2. The minimum atomic E-state index is -0.976. The van der Waals surface area contributed by atoms with Crippen LogP contribution in [-0.2, 0) is 12.8 Å². The largest absolute Gasteiger partial charge is 0.270 e. The van der Waals surface area contributed by atoms with Crippen LogP contribution >= 0.6 is 0 Å². The lowest BCUT2D eigenvalue weighted by atomic mass is 9.90. The Labute approximate surface area is 258 Å². The number of rotatable bonds is 2. The number of nitrogens with zero attached hydrogens (tertiary/aromatic N) is 6. The summed E-state index contributed by atoms with van der Waals surface area (Å²) < 4.78 is 55.8. The first kappa shape index (κ1) is 28.2. The number of aromatic nitrogens is 2. The highest BCUT2D eigenvalue weighted by Crippen LogP contribution is 2.42. The van der Waals surface area contributed by atoms with Gasteiger partial charge < -0.3 is 0 Å². The normalized spacial score (nSPS) is 11.7. The molecule has 46 heavy (non-hydrogen) atoms. The van der Waals surface area contributed by atoms with Crippen molar-refractivity contribution in [1.29, 1.82) is 10.5 Å². The molecule has 5 aromatic rings. The van der Waals surface area contributed by atoms with Gasteiger partial charge in [-0.1, -0.05) is 36.4 Å². The lowest BCUT2D eigenvalue weighted by Crippen LogP contribution is -2.25. The first-order valence-corrected chi connectivity index (χ1v) is 13.7. The van der Waals surface area contributed by atoms with Gasteiger partial charge in [-0.15, -0.1) is 0 Å². The van der Waals surface area contributed by atoms with Gasteiger partial charge in [0, 0.05) is 29.5 Å². The third-order valence-corrected chi connectivity index (χ3v) is 8.29. The third-order valence-electron chi connectivity index (χ3n) is 8.29. The molecular weight excluding hydrogens is 592 g/mol. The van der Waals surface area contributed by atoms with Gasteiger partial charge in [-0.2, -0.15) is 27.5 Å². The minimum Gasteiger partial charge on any atom is -0.226 e. The van der Waals surface area contributed by atoms with Gasteiger partial charge in [0.1, 0.15) is 0 Å². The number of hydrogen-bond acceptors (Lipinski definition) is 4. The second-order valence-corrected chi connectivity index (χ2v) is 10.7. The van der Waals surface area contributed by atoms with E-state index in [4.69, 9.17) is 13.1 Å². The van der Waals surface area contributed by atoms with Gasteiger partial charge >= 0.3 is 0 Å². The molecule has 0 bridgehead atoms. The second-order valence-electron chi connectivity index (χ2n) is 10.7. The van der Waals surface area contributed by atoms with E-state index in [-0.39, 0.29) is 35.4 Å². The average Bonchev–Trinajstić information content (AvgIpc) is 3.60. The van der Waals surface area contributed by atoms with Gasteiger partial charge in [-0.05, 0) is 84.8 Å². The Hall–Kier alpha value is -6.62. The number of hydrogen-bond donors (Lipinski definition) is 0. The third kappa shape index (κ3) is 4.29. The van der Waals surface area contributed by atoms with Crippen LogP contribution in [0.2, 0.25) is 0 Å². The Morgan fingerprint density at radius 3 is 1.35 bits per heavy atom. The summed E-state index contributed by atoms with van der Waals surface area (Å²) in [6.07, 6.45) is 0.442. The molecule has 2 aliphatic rings. The quantitative estimate of drug-likeness (QED) is 0.126. The fraction of sp³-hybridized carbons (Fsp3) is 0.0556. The smallest absolute Gasteiger partial charge is 0.226 e. The Morgan fingerprint density at radius 1 is 0.587 bits per heavy atom. The van der Waals surface area contributed by atoms with Crippen molar-refractivity contribution in [1.82, 2.24) is 9.97 Å². The summed E-state index contributed by atoms with van der Waals surface area (Å²) in [5.41, 5.74) is 6.16. The molecule has 0 spiro atoms. The molecule has 216 valence electrons. The summed E-state index contributed by atoms with van der Waals surface area (Å²) in [6.45, 7) is 15.7. The van der Waals surface area contributed by atoms with E-state index < -0.39 is 23.8 Å². The van der Waals surface area contributed by atoms with Gasteiger partial charge in [0.2, 0.25) is 23.8 Å². The highest BCUT2D eigenvalue weighted by Gasteiger charge is 2.32. The predicted molar refractivity (Wildman–Crippen MR) is 160 cm³/mol. The number of fused-ring (bicyclic) bond motifs is 6. The lowest BCUT2D eigenvalue weighted by molar-refractivity contribution is 0.512. The van der Waals surface area contributed by atoms with E-state index >= 15 is 0 Å². The van der Waals surface area contributed by atoms with Gasteiger partial charge in [0.15, 0.2) is 0 Å². The highest BCUT2D eigenvalue weighted by atomic mass is 19.1. The van der Waals surface area contributed by atoms with E-state index in [1.165, 1.54) is 0 Å². The Bertz CT molecular complexity index is 2320. The monoisotopic (exact) mass is 606 g/mol. The Balaban J connectivity index is 1.55. The van der Waals surface area contributed by atoms with E-state index in [1.54, 1.807) is 36.4 Å². The molecule has 0 aliphatic heterocycles. The van der Waals surface area contributed by atoms with Crippen molar-refractivity contribution in [3.8, 4) is 56.6 Å². The van der Waals surface area contributed by atoms with Crippen molar-refractivity contribution in [3.05, 3.63) is 140 Å². The Morgan fingerprint density at radius 2 is 0.978 bits per heavy atom. The van der Waals surface area contributed by atoms with Gasteiger partial charge in [-0.3, -0.25) is 0 Å². The molecule has 10 heteroatoms. The summed E-state index contributed by atoms with van der Waals surface area (Å²) in [5, 5.41) is 21.0. The zero-order valence-electron chi connectivity index (χ0n) is 23.4. The standard InChI is InChI=1S/C36H14F4N6/c1-43-27(15-41)33-25-9-21-7-17(19-11-29(37)45-30(38)12-19)3-5-23(21)34(25)36(28(16-42)44-2)35-24-6-4-18(8-22(24)10-26(33)35)20-13-31(39)46-32(40)14-20/h3-8,11-14H,9-10H2. The van der Waals surface area contributed by atoms with Crippen LogP contribution in [0.1, 0.15) is 22.3 Å². The van der Waals surface area contributed by atoms with Crippen molar-refractivity contribution in [3.63, 3.8) is 0 Å². The average molecular weight is 607 g/mol. The molecule has 2 aliphatic carbocycles. The molecule has 0 saturated carbocycles. The van der Waals surface area contributed by atoms with E-state index in [0.29, 0.717) is 54.9 Å². The molecule has 0 fully saturated rings. The van der Waals surface area contributed by atoms with Crippen molar-refractivity contribution >= 4 is 11.4 Å². The van der Waals surface area contributed by atoms with Crippen molar-refractivity contribution < 1.29 is 17.6 Å². The zero-order valence-corrected chi connectivity index (χ0v) is 23.4. The van der Waals surface area contributed by atoms with Crippen molar-refractivity contribution in [2.75, 3.05) is 0 Å². The lowest BCUT2D eigenvalue weighted by Gasteiger charge is -2.13. The maximum atomic E-state index is 13.9. The SMILES string of the molecule is [C-]#[N+]C(C#N)=c1c2c(c(=C(C#N)[N+]#[C-])c3c1Cc1cc(-c4cc(F)nc(F)c4)ccc1-3)-c1ccc(-c3cc(F)nc(F)c3)cc1C2. The molecule has 6 nitrogen and oxygen atoms in total. The van der Waals surface area contributed by atoms with E-state index in [1.807, 2.05) is 12.1 Å². The highest BCUT2D eigenvalue weighted by molar-refractivity contribution is 5.94. The van der Waals surface area contributed by atoms with Crippen LogP contribution in [0, 0.1) is 59.6 Å². The molecule has 2 aromatic heterocycles. The van der Waals surface area contributed by atoms with E-state index in [9.17, 15) is 28.1 Å². The molecular formula is C36H14F4N6. The van der Waals surface area contributed by atoms with Gasteiger partial charge in [0.25, 0.3) is 11.4 Å². The van der Waals surface area contributed by atoms with Crippen LogP contribution in [0.4, 0.5) is 17.6 Å². The molecule has 0 saturated heterocycles. The number of nitriles is 2. The first-order valence-electron chi connectivity index (χ1n) is 13.7. The summed E-state index contributed by atoms with van der Waals surface area (Å²) >= 11 is 0. The van der Waals surface area contributed by atoms with Crippen LogP contribution in [0.25, 0.3) is 65.6 Å². The van der Waals surface area contributed by atoms with Gasteiger partial charge in [-0.25, -0.2) is 20.2 Å². The fourth-order valence-electron chi connectivity index (χ4n) is 6.57. The van der Waals surface area contributed by atoms with Crippen LogP contribution in [-0.4, -0.2) is 9.97 Å². The minimum absolute atomic E-state index is 0.169. The van der Waals surface area contributed by atoms with E-state index in [0.717, 1.165) is 35.4 Å². The fourth-order valence-corrected chi connectivity index (χ4v) is 6.57. The molecule has 0 unspecified atom stereocenters. The molecule has 0 amide bonds. The molecule has 7 rings (SSSR count). The first-order chi connectivity index (χ1) is 22.2. The molecule has 0 N–H and O–H groups in total. The number of benzene rings is 3. The molecule has 0 radical (unpaired) electrons. The molecule has 3 aromatic carbocycles. The van der Waals surface area contributed by atoms with Crippen LogP contribution in [0.5, 0.6) is 0 Å². The summed E-state index contributed by atoms with van der Waals surface area (Å²) in [7, 11) is 0. The maximum absolute atomic E-state index is 13.9. The van der Waals surface area contributed by atoms with Gasteiger partial charge in [0.05, 0.1) is 25.3 Å². The summed E-state index contributed by atoms with van der Waals surface area (Å²) in [6, 6.07) is 18.8. The van der Waals surface area contributed by atoms with Crippen molar-refractivity contribution in [2.45, 2.75) is 12.8 Å². The zero-order chi connectivity index (χ0) is 32.3. The second kappa shape index (κ2) is 10.5. The summed E-state index contributed by atoms with van der Waals surface area (Å²) in [4.78, 5) is 13.4. The van der Waals surface area contributed by atoms with Crippen LogP contribution in [0.3, 0.4) is 0 Å². The number of halogens is 4. The van der Waals surface area contributed by atoms with Crippen LogP contribution < -0.4 is 10.4 Å². The maximum Gasteiger partial charge on any atom is 0.270 e. The topological polar surface area (TPSA) is 82.1 Å². The van der Waals surface area contributed by atoms with E-state index in [2.05, 4.69) is 19.7 Å². The van der Waals surface area contributed by atoms with Crippen molar-refractivity contribution in [2.24, 2.45) is 0 Å².